The van der Waals surface area contributed by atoms with Crippen molar-refractivity contribution >= 4 is 27.6 Å². The number of hydrogen-bond donors (Lipinski definition) is 2. The van der Waals surface area contributed by atoms with Gasteiger partial charge in [0.25, 0.3) is 5.56 Å². The predicted octanol–water partition coefficient (Wildman–Crippen LogP) is 3.44. The number of aromatic carboxylic acids is 1. The van der Waals surface area contributed by atoms with Crippen LogP contribution in [-0.4, -0.2) is 21.0 Å². The number of aromatic amines is 1. The maximum atomic E-state index is 12.3. The van der Waals surface area contributed by atoms with Gasteiger partial charge in [-0.2, -0.15) is 0 Å². The number of rotatable bonds is 2. The van der Waals surface area contributed by atoms with Gasteiger partial charge in [0.15, 0.2) is 0 Å². The average molecular weight is 316 g/mol. The Hall–Kier alpha value is -3.47. The van der Waals surface area contributed by atoms with Gasteiger partial charge in [-0.3, -0.25) is 4.79 Å². The van der Waals surface area contributed by atoms with Gasteiger partial charge < -0.3 is 10.1 Å². The first kappa shape index (κ1) is 14.1. The van der Waals surface area contributed by atoms with E-state index in [9.17, 15) is 14.7 Å². The molecular formula is C19H12N2O3. The van der Waals surface area contributed by atoms with Crippen LogP contribution in [0.15, 0.2) is 65.5 Å². The number of H-pyrrole nitrogens is 1. The molecule has 0 spiro atoms. The lowest BCUT2D eigenvalue weighted by Gasteiger charge is -2.06. The standard InChI is InChI=1S/C19H12N2O3/c22-18-14-6-3-7-15(19(23)24)16(14)20-17(21-18)13-9-8-11-4-1-2-5-12(11)10-13/h1-10H,(H,23,24)(H,20,21,22). The van der Waals surface area contributed by atoms with Crippen LogP contribution in [-0.2, 0) is 0 Å². The zero-order valence-electron chi connectivity index (χ0n) is 12.5. The van der Waals surface area contributed by atoms with Crippen LogP contribution in [0.25, 0.3) is 33.1 Å². The van der Waals surface area contributed by atoms with E-state index in [1.54, 1.807) is 12.1 Å². The third-order valence-electron chi connectivity index (χ3n) is 3.99. The Labute approximate surface area is 136 Å². The van der Waals surface area contributed by atoms with Gasteiger partial charge in [-0.25, -0.2) is 9.78 Å². The summed E-state index contributed by atoms with van der Waals surface area (Å²) in [5, 5.41) is 11.7. The molecule has 0 aliphatic rings. The first-order chi connectivity index (χ1) is 11.6. The highest BCUT2D eigenvalue weighted by Gasteiger charge is 2.13. The first-order valence-corrected chi connectivity index (χ1v) is 7.39. The molecule has 0 aliphatic heterocycles. The normalized spacial score (nSPS) is 11.0. The fourth-order valence-electron chi connectivity index (χ4n) is 2.81. The van der Waals surface area contributed by atoms with Gasteiger partial charge in [0.1, 0.15) is 5.82 Å². The molecule has 0 fully saturated rings. The number of hydrogen-bond acceptors (Lipinski definition) is 3. The van der Waals surface area contributed by atoms with E-state index in [2.05, 4.69) is 9.97 Å². The second-order valence-electron chi connectivity index (χ2n) is 5.48. The summed E-state index contributed by atoms with van der Waals surface area (Å²) in [5.41, 5.74) is 0.580. The fraction of sp³-hybridized carbons (Fsp3) is 0. The van der Waals surface area contributed by atoms with E-state index in [1.807, 2.05) is 42.5 Å². The maximum Gasteiger partial charge on any atom is 0.337 e. The minimum Gasteiger partial charge on any atom is -0.478 e. The molecule has 116 valence electrons. The van der Waals surface area contributed by atoms with Crippen LogP contribution >= 0.6 is 0 Å². The molecule has 2 N–H and O–H groups in total. The van der Waals surface area contributed by atoms with Crippen molar-refractivity contribution in [2.24, 2.45) is 0 Å². The topological polar surface area (TPSA) is 83.0 Å². The van der Waals surface area contributed by atoms with Gasteiger partial charge in [0.2, 0.25) is 0 Å². The van der Waals surface area contributed by atoms with Crippen molar-refractivity contribution in [1.82, 2.24) is 9.97 Å². The maximum absolute atomic E-state index is 12.3. The molecule has 0 amide bonds. The van der Waals surface area contributed by atoms with Crippen molar-refractivity contribution in [1.29, 1.82) is 0 Å². The fourth-order valence-corrected chi connectivity index (χ4v) is 2.81. The van der Waals surface area contributed by atoms with Crippen LogP contribution in [0, 0.1) is 0 Å². The monoisotopic (exact) mass is 316 g/mol. The number of aromatic nitrogens is 2. The lowest BCUT2D eigenvalue weighted by molar-refractivity contribution is 0.0699. The highest BCUT2D eigenvalue weighted by molar-refractivity contribution is 6.01. The van der Waals surface area contributed by atoms with Crippen LogP contribution in [0.1, 0.15) is 10.4 Å². The van der Waals surface area contributed by atoms with E-state index in [1.165, 1.54) is 6.07 Å². The van der Waals surface area contributed by atoms with E-state index in [0.29, 0.717) is 5.82 Å². The SMILES string of the molecule is O=C(O)c1cccc2c(=O)[nH]c(-c3ccc4ccccc4c3)nc12. The molecule has 5 nitrogen and oxygen atoms in total. The molecule has 0 radical (unpaired) electrons. The quantitative estimate of drug-likeness (QED) is 0.593. The van der Waals surface area contributed by atoms with Gasteiger partial charge in [-0.15, -0.1) is 0 Å². The molecule has 0 saturated heterocycles. The zero-order valence-corrected chi connectivity index (χ0v) is 12.5. The smallest absolute Gasteiger partial charge is 0.337 e. The molecule has 0 bridgehead atoms. The van der Waals surface area contributed by atoms with E-state index in [0.717, 1.165) is 16.3 Å². The third kappa shape index (κ3) is 2.23. The average Bonchev–Trinajstić information content (AvgIpc) is 2.60. The van der Waals surface area contributed by atoms with Gasteiger partial charge in [0, 0.05) is 5.56 Å². The van der Waals surface area contributed by atoms with Crippen LogP contribution in [0.2, 0.25) is 0 Å². The summed E-state index contributed by atoms with van der Waals surface area (Å²) in [5.74, 6) is -0.755. The summed E-state index contributed by atoms with van der Waals surface area (Å²) < 4.78 is 0. The molecule has 1 aromatic heterocycles. The second kappa shape index (κ2) is 5.31. The Kier molecular flexibility index (Phi) is 3.13. The summed E-state index contributed by atoms with van der Waals surface area (Å²) in [7, 11) is 0. The van der Waals surface area contributed by atoms with Gasteiger partial charge in [-0.05, 0) is 29.0 Å². The summed E-state index contributed by atoms with van der Waals surface area (Å²) >= 11 is 0. The summed E-state index contributed by atoms with van der Waals surface area (Å²) in [6.45, 7) is 0. The molecular weight excluding hydrogens is 304 g/mol. The molecule has 4 rings (SSSR count). The Morgan fingerprint density at radius 1 is 0.958 bits per heavy atom. The van der Waals surface area contributed by atoms with Crippen molar-refractivity contribution in [3.63, 3.8) is 0 Å². The van der Waals surface area contributed by atoms with Gasteiger partial charge >= 0.3 is 5.97 Å². The predicted molar refractivity (Wildman–Crippen MR) is 92.3 cm³/mol. The number of nitrogens with zero attached hydrogens (tertiary/aromatic N) is 1. The van der Waals surface area contributed by atoms with Crippen molar-refractivity contribution < 1.29 is 9.90 Å². The minimum atomic E-state index is -1.11. The summed E-state index contributed by atoms with van der Waals surface area (Å²) in [6.07, 6.45) is 0. The van der Waals surface area contributed by atoms with E-state index < -0.39 is 5.97 Å². The van der Waals surface area contributed by atoms with E-state index >= 15 is 0 Å². The van der Waals surface area contributed by atoms with Crippen LogP contribution < -0.4 is 5.56 Å². The van der Waals surface area contributed by atoms with Gasteiger partial charge in [0.05, 0.1) is 16.5 Å². The van der Waals surface area contributed by atoms with E-state index in [-0.39, 0.29) is 22.0 Å². The molecule has 3 aromatic carbocycles. The molecule has 1 heterocycles. The Morgan fingerprint density at radius 2 is 1.75 bits per heavy atom. The lowest BCUT2D eigenvalue weighted by atomic mass is 10.1. The molecule has 0 aliphatic carbocycles. The Morgan fingerprint density at radius 3 is 2.54 bits per heavy atom. The Bertz CT molecular complexity index is 1160. The van der Waals surface area contributed by atoms with Crippen molar-refractivity contribution in [3.05, 3.63) is 76.6 Å². The number of para-hydroxylation sites is 1. The first-order valence-electron chi connectivity index (χ1n) is 7.39. The largest absolute Gasteiger partial charge is 0.478 e. The lowest BCUT2D eigenvalue weighted by Crippen LogP contribution is -2.12. The molecule has 4 aromatic rings. The van der Waals surface area contributed by atoms with Crippen molar-refractivity contribution in [3.8, 4) is 11.4 Å². The highest BCUT2D eigenvalue weighted by atomic mass is 16.4. The minimum absolute atomic E-state index is 0.0145. The number of benzene rings is 3. The molecule has 0 unspecified atom stereocenters. The van der Waals surface area contributed by atoms with E-state index in [4.69, 9.17) is 0 Å². The second-order valence-corrected chi connectivity index (χ2v) is 5.48. The summed E-state index contributed by atoms with van der Waals surface area (Å²) in [6, 6.07) is 18.1. The molecule has 0 atom stereocenters. The Balaban J connectivity index is 2.00. The number of carboxylic acid groups (broad SMARTS) is 1. The molecule has 5 heteroatoms. The van der Waals surface area contributed by atoms with Crippen molar-refractivity contribution in [2.75, 3.05) is 0 Å². The number of carboxylic acids is 1. The number of carbonyl (C=O) groups is 1. The zero-order chi connectivity index (χ0) is 16.7. The summed E-state index contributed by atoms with van der Waals surface area (Å²) in [4.78, 5) is 30.9. The van der Waals surface area contributed by atoms with Crippen molar-refractivity contribution in [2.45, 2.75) is 0 Å². The number of nitrogens with one attached hydrogen (secondary N) is 1. The van der Waals surface area contributed by atoms with Crippen LogP contribution in [0.5, 0.6) is 0 Å². The third-order valence-corrected chi connectivity index (χ3v) is 3.99. The molecule has 0 saturated carbocycles. The number of fused-ring (bicyclic) bond motifs is 2. The van der Waals surface area contributed by atoms with Crippen LogP contribution in [0.3, 0.4) is 0 Å². The highest BCUT2D eigenvalue weighted by Crippen LogP contribution is 2.23. The van der Waals surface area contributed by atoms with Crippen LogP contribution in [0.4, 0.5) is 0 Å². The molecule has 24 heavy (non-hydrogen) atoms. The van der Waals surface area contributed by atoms with Gasteiger partial charge in [-0.1, -0.05) is 42.5 Å².